The number of halogens is 3. The highest BCUT2D eigenvalue weighted by atomic mass is 19.1. The summed E-state index contributed by atoms with van der Waals surface area (Å²) in [6.07, 6.45) is 1.11. The van der Waals surface area contributed by atoms with Gasteiger partial charge in [-0.3, -0.25) is 4.68 Å². The maximum Gasteiger partial charge on any atom is 0.169 e. The summed E-state index contributed by atoms with van der Waals surface area (Å²) in [7, 11) is 0. The first-order valence-corrected chi connectivity index (χ1v) is 4.80. The maximum atomic E-state index is 13.4. The molecule has 2 rings (SSSR count). The van der Waals surface area contributed by atoms with Crippen LogP contribution in [0.2, 0.25) is 0 Å². The van der Waals surface area contributed by atoms with E-state index in [-0.39, 0.29) is 5.69 Å². The average molecular weight is 226 g/mol. The van der Waals surface area contributed by atoms with Gasteiger partial charge in [-0.1, -0.05) is 6.07 Å². The Kier molecular flexibility index (Phi) is 2.68. The average Bonchev–Trinajstić information content (AvgIpc) is 2.60. The summed E-state index contributed by atoms with van der Waals surface area (Å²) in [6.45, 7) is 2.20. The number of nitrogens with zero attached hydrogens (tertiary/aromatic N) is 2. The molecule has 16 heavy (non-hydrogen) atoms. The summed E-state index contributed by atoms with van der Waals surface area (Å²) in [5.41, 5.74) is -0.718. The van der Waals surface area contributed by atoms with E-state index in [2.05, 4.69) is 5.10 Å². The molecule has 0 bridgehead atoms. The summed E-state index contributed by atoms with van der Waals surface area (Å²) >= 11 is 0. The first kappa shape index (κ1) is 10.7. The van der Waals surface area contributed by atoms with Crippen LogP contribution in [0.15, 0.2) is 24.4 Å². The third-order valence-electron chi connectivity index (χ3n) is 2.24. The number of hydrogen-bond donors (Lipinski definition) is 0. The van der Waals surface area contributed by atoms with Crippen molar-refractivity contribution in [3.8, 4) is 11.3 Å². The van der Waals surface area contributed by atoms with Gasteiger partial charge in [-0.05, 0) is 19.1 Å². The standard InChI is InChI=1S/C11H9F3N2/c1-2-16-6-9(14)11(15-16)10-7(12)4-3-5-8(10)13/h3-6H,2H2,1H3. The van der Waals surface area contributed by atoms with E-state index in [0.29, 0.717) is 6.54 Å². The van der Waals surface area contributed by atoms with Gasteiger partial charge in [0.05, 0.1) is 11.8 Å². The Bertz CT molecular complexity index is 500. The van der Waals surface area contributed by atoms with E-state index >= 15 is 0 Å². The zero-order valence-electron chi connectivity index (χ0n) is 8.54. The lowest BCUT2D eigenvalue weighted by atomic mass is 10.1. The molecule has 0 atom stereocenters. The van der Waals surface area contributed by atoms with Crippen molar-refractivity contribution in [3.05, 3.63) is 41.8 Å². The van der Waals surface area contributed by atoms with Crippen molar-refractivity contribution in [2.24, 2.45) is 0 Å². The molecule has 0 saturated heterocycles. The lowest BCUT2D eigenvalue weighted by molar-refractivity contribution is 0.581. The Labute approximate surface area is 90.3 Å². The smallest absolute Gasteiger partial charge is 0.169 e. The van der Waals surface area contributed by atoms with Crippen molar-refractivity contribution >= 4 is 0 Å². The van der Waals surface area contributed by atoms with Crippen LogP contribution in [-0.2, 0) is 6.54 Å². The number of hydrogen-bond acceptors (Lipinski definition) is 1. The molecule has 1 heterocycles. The molecule has 0 radical (unpaired) electrons. The van der Waals surface area contributed by atoms with Gasteiger partial charge in [-0.25, -0.2) is 13.2 Å². The number of rotatable bonds is 2. The summed E-state index contributed by atoms with van der Waals surface area (Å²) in [6, 6.07) is 3.37. The fourth-order valence-electron chi connectivity index (χ4n) is 1.45. The van der Waals surface area contributed by atoms with Crippen molar-refractivity contribution in [1.82, 2.24) is 9.78 Å². The van der Waals surface area contributed by atoms with Crippen LogP contribution in [0.5, 0.6) is 0 Å². The van der Waals surface area contributed by atoms with Crippen LogP contribution >= 0.6 is 0 Å². The van der Waals surface area contributed by atoms with E-state index in [4.69, 9.17) is 0 Å². The highest BCUT2D eigenvalue weighted by Gasteiger charge is 2.18. The first-order chi connectivity index (χ1) is 7.63. The molecule has 5 heteroatoms. The van der Waals surface area contributed by atoms with Gasteiger partial charge in [0.2, 0.25) is 0 Å². The van der Waals surface area contributed by atoms with Crippen LogP contribution < -0.4 is 0 Å². The zero-order chi connectivity index (χ0) is 11.7. The van der Waals surface area contributed by atoms with Crippen molar-refractivity contribution in [2.75, 3.05) is 0 Å². The molecule has 2 nitrogen and oxygen atoms in total. The molecule has 0 saturated carbocycles. The van der Waals surface area contributed by atoms with Crippen molar-refractivity contribution in [1.29, 1.82) is 0 Å². The van der Waals surface area contributed by atoms with Crippen LogP contribution in [0.3, 0.4) is 0 Å². The molecule has 0 aliphatic rings. The molecule has 84 valence electrons. The first-order valence-electron chi connectivity index (χ1n) is 4.80. The minimum atomic E-state index is -0.819. The van der Waals surface area contributed by atoms with Crippen molar-refractivity contribution < 1.29 is 13.2 Å². The Morgan fingerprint density at radius 2 is 1.75 bits per heavy atom. The van der Waals surface area contributed by atoms with Gasteiger partial charge >= 0.3 is 0 Å². The lowest BCUT2D eigenvalue weighted by Crippen LogP contribution is -1.96. The summed E-state index contributed by atoms with van der Waals surface area (Å²) in [4.78, 5) is 0. The minimum absolute atomic E-state index is 0.294. The number of aromatic nitrogens is 2. The summed E-state index contributed by atoms with van der Waals surface area (Å²) in [5.74, 6) is -2.37. The van der Waals surface area contributed by atoms with Gasteiger partial charge in [-0.2, -0.15) is 5.10 Å². The van der Waals surface area contributed by atoms with Gasteiger partial charge in [0.25, 0.3) is 0 Å². The second-order valence-corrected chi connectivity index (χ2v) is 3.28. The van der Waals surface area contributed by atoms with Gasteiger partial charge in [-0.15, -0.1) is 0 Å². The lowest BCUT2D eigenvalue weighted by Gasteiger charge is -2.01. The van der Waals surface area contributed by atoms with E-state index in [1.165, 1.54) is 10.7 Å². The quantitative estimate of drug-likeness (QED) is 0.769. The topological polar surface area (TPSA) is 17.8 Å². The largest absolute Gasteiger partial charge is 0.269 e. The molecular formula is C11H9F3N2. The molecule has 0 spiro atoms. The third kappa shape index (κ3) is 1.68. The second-order valence-electron chi connectivity index (χ2n) is 3.28. The van der Waals surface area contributed by atoms with E-state index in [1.807, 2.05) is 0 Å². The van der Waals surface area contributed by atoms with Gasteiger partial charge in [0, 0.05) is 6.54 Å². The van der Waals surface area contributed by atoms with Gasteiger partial charge in [0.1, 0.15) is 17.3 Å². The molecular weight excluding hydrogens is 217 g/mol. The van der Waals surface area contributed by atoms with E-state index in [0.717, 1.165) is 18.3 Å². The predicted octanol–water partition coefficient (Wildman–Crippen LogP) is 2.99. The maximum absolute atomic E-state index is 13.4. The molecule has 0 unspecified atom stereocenters. The minimum Gasteiger partial charge on any atom is -0.269 e. The third-order valence-corrected chi connectivity index (χ3v) is 2.24. The van der Waals surface area contributed by atoms with Crippen LogP contribution in [0.4, 0.5) is 13.2 Å². The highest BCUT2D eigenvalue weighted by molar-refractivity contribution is 5.60. The van der Waals surface area contributed by atoms with Crippen molar-refractivity contribution in [3.63, 3.8) is 0 Å². The van der Waals surface area contributed by atoms with Crippen LogP contribution in [-0.4, -0.2) is 9.78 Å². The normalized spacial score (nSPS) is 10.8. The van der Waals surface area contributed by atoms with Gasteiger partial charge in [0.15, 0.2) is 5.82 Å². The van der Waals surface area contributed by atoms with Crippen LogP contribution in [0.25, 0.3) is 11.3 Å². The Morgan fingerprint density at radius 1 is 1.12 bits per heavy atom. The molecule has 1 aromatic carbocycles. The molecule has 0 fully saturated rings. The monoisotopic (exact) mass is 226 g/mol. The van der Waals surface area contributed by atoms with Crippen LogP contribution in [0.1, 0.15) is 6.92 Å². The molecule has 0 aliphatic heterocycles. The molecule has 0 aliphatic carbocycles. The fraction of sp³-hybridized carbons (Fsp3) is 0.182. The highest BCUT2D eigenvalue weighted by Crippen LogP contribution is 2.26. The number of aryl methyl sites for hydroxylation is 1. The Balaban J connectivity index is 2.62. The molecule has 0 amide bonds. The number of benzene rings is 1. The Hall–Kier alpha value is -1.78. The van der Waals surface area contributed by atoms with E-state index in [1.54, 1.807) is 6.92 Å². The van der Waals surface area contributed by atoms with E-state index in [9.17, 15) is 13.2 Å². The van der Waals surface area contributed by atoms with Gasteiger partial charge < -0.3 is 0 Å². The Morgan fingerprint density at radius 3 is 2.25 bits per heavy atom. The second kappa shape index (κ2) is 4.00. The zero-order valence-corrected chi connectivity index (χ0v) is 8.54. The SMILES string of the molecule is CCn1cc(F)c(-c2c(F)cccc2F)n1. The van der Waals surface area contributed by atoms with Crippen molar-refractivity contribution in [2.45, 2.75) is 13.5 Å². The van der Waals surface area contributed by atoms with Crippen LogP contribution in [0, 0.1) is 17.5 Å². The molecule has 2 aromatic rings. The summed E-state index contributed by atoms with van der Waals surface area (Å²) in [5, 5.41) is 3.78. The summed E-state index contributed by atoms with van der Waals surface area (Å²) < 4.78 is 41.5. The predicted molar refractivity (Wildman–Crippen MR) is 53.2 cm³/mol. The molecule has 0 N–H and O–H groups in total. The van der Waals surface area contributed by atoms with E-state index < -0.39 is 23.0 Å². The molecule has 1 aromatic heterocycles. The fourth-order valence-corrected chi connectivity index (χ4v) is 1.45.